The lowest BCUT2D eigenvalue weighted by atomic mass is 10.3. The Morgan fingerprint density at radius 3 is 2.40 bits per heavy atom. The van der Waals surface area contributed by atoms with Gasteiger partial charge in [-0.05, 0) is 19.1 Å². The molecule has 0 aromatic heterocycles. The number of nitrogens with one attached hydrogen (secondary N) is 1. The second kappa shape index (κ2) is 5.98. The van der Waals surface area contributed by atoms with E-state index in [9.17, 15) is 16.8 Å². The van der Waals surface area contributed by atoms with Crippen molar-refractivity contribution in [3.05, 3.63) is 18.2 Å². The normalized spacial score (nSPS) is 13.9. The fourth-order valence-corrected chi connectivity index (χ4v) is 4.21. The summed E-state index contributed by atoms with van der Waals surface area (Å²) >= 11 is 0. The van der Waals surface area contributed by atoms with E-state index in [0.29, 0.717) is 5.69 Å². The Labute approximate surface area is 119 Å². The highest BCUT2D eigenvalue weighted by Gasteiger charge is 2.23. The summed E-state index contributed by atoms with van der Waals surface area (Å²) in [5, 5.41) is 0. The minimum absolute atomic E-state index is 0.0884. The maximum atomic E-state index is 12.2. The van der Waals surface area contributed by atoms with Crippen LogP contribution >= 0.6 is 0 Å². The number of hydrogen-bond donors (Lipinski definition) is 2. The first kappa shape index (κ1) is 16.7. The van der Waals surface area contributed by atoms with Crippen molar-refractivity contribution in [1.82, 2.24) is 4.72 Å². The SMILES string of the molecule is COc1cc(N)ccc1S(=O)(=O)NC(C)CS(C)(=O)=O. The first-order valence-electron chi connectivity index (χ1n) is 5.69. The van der Waals surface area contributed by atoms with Crippen molar-refractivity contribution in [2.24, 2.45) is 0 Å². The van der Waals surface area contributed by atoms with Crippen LogP contribution in [0.5, 0.6) is 5.75 Å². The molecule has 0 aliphatic carbocycles. The van der Waals surface area contributed by atoms with Gasteiger partial charge in [-0.1, -0.05) is 0 Å². The Kier molecular flexibility index (Phi) is 5.00. The first-order chi connectivity index (χ1) is 9.05. The minimum atomic E-state index is -3.89. The van der Waals surface area contributed by atoms with Crippen LogP contribution in [0, 0.1) is 0 Å². The minimum Gasteiger partial charge on any atom is -0.495 e. The van der Waals surface area contributed by atoms with Crippen LogP contribution in [0.15, 0.2) is 23.1 Å². The van der Waals surface area contributed by atoms with Gasteiger partial charge in [0.1, 0.15) is 20.5 Å². The summed E-state index contributed by atoms with van der Waals surface area (Å²) in [4.78, 5) is -0.0884. The van der Waals surface area contributed by atoms with Gasteiger partial charge in [-0.3, -0.25) is 0 Å². The summed E-state index contributed by atoms with van der Waals surface area (Å²) in [5.74, 6) is -0.187. The van der Waals surface area contributed by atoms with E-state index >= 15 is 0 Å². The Balaban J connectivity index is 3.06. The van der Waals surface area contributed by atoms with Gasteiger partial charge in [-0.25, -0.2) is 21.6 Å². The van der Waals surface area contributed by atoms with Crippen molar-refractivity contribution >= 4 is 25.5 Å². The summed E-state index contributed by atoms with van der Waals surface area (Å²) in [7, 11) is -5.84. The number of nitrogens with two attached hydrogens (primary N) is 1. The molecular formula is C11H18N2O5S2. The zero-order chi connectivity index (χ0) is 15.6. The van der Waals surface area contributed by atoms with Crippen LogP contribution < -0.4 is 15.2 Å². The molecule has 1 aromatic carbocycles. The third-order valence-electron chi connectivity index (χ3n) is 2.39. The van der Waals surface area contributed by atoms with Gasteiger partial charge in [-0.2, -0.15) is 0 Å². The predicted octanol–water partition coefficient (Wildman–Crippen LogP) is -0.0112. The number of hydrogen-bond acceptors (Lipinski definition) is 6. The maximum absolute atomic E-state index is 12.2. The van der Waals surface area contributed by atoms with Crippen molar-refractivity contribution < 1.29 is 21.6 Å². The average molecular weight is 322 g/mol. The number of sulfone groups is 1. The lowest BCUT2D eigenvalue weighted by Crippen LogP contribution is -2.37. The lowest BCUT2D eigenvalue weighted by Gasteiger charge is -2.15. The molecule has 0 aliphatic rings. The highest BCUT2D eigenvalue weighted by molar-refractivity contribution is 7.91. The van der Waals surface area contributed by atoms with Crippen LogP contribution in [0.4, 0.5) is 5.69 Å². The van der Waals surface area contributed by atoms with Gasteiger partial charge in [-0.15, -0.1) is 0 Å². The molecule has 7 nitrogen and oxygen atoms in total. The Morgan fingerprint density at radius 1 is 1.30 bits per heavy atom. The summed E-state index contributed by atoms with van der Waals surface area (Å²) < 4.78 is 54.0. The topological polar surface area (TPSA) is 116 Å². The molecule has 114 valence electrons. The van der Waals surface area contributed by atoms with Crippen molar-refractivity contribution in [3.63, 3.8) is 0 Å². The van der Waals surface area contributed by atoms with Crippen molar-refractivity contribution in [2.75, 3.05) is 24.9 Å². The highest BCUT2D eigenvalue weighted by Crippen LogP contribution is 2.26. The van der Waals surface area contributed by atoms with Crippen LogP contribution in [-0.2, 0) is 19.9 Å². The van der Waals surface area contributed by atoms with Crippen molar-refractivity contribution in [1.29, 1.82) is 0 Å². The second-order valence-electron chi connectivity index (χ2n) is 4.53. The molecule has 20 heavy (non-hydrogen) atoms. The predicted molar refractivity (Wildman–Crippen MR) is 76.9 cm³/mol. The number of sulfonamides is 1. The standard InChI is InChI=1S/C11H18N2O5S2/c1-8(7-19(3,14)15)13-20(16,17)11-5-4-9(12)6-10(11)18-2/h4-6,8,13H,7,12H2,1-3H3. The van der Waals surface area contributed by atoms with Crippen LogP contribution in [0.3, 0.4) is 0 Å². The molecule has 0 saturated carbocycles. The molecule has 1 rings (SSSR count). The number of nitrogen functional groups attached to an aromatic ring is 1. The van der Waals surface area contributed by atoms with Crippen LogP contribution in [0.25, 0.3) is 0 Å². The molecule has 0 bridgehead atoms. The van der Waals surface area contributed by atoms with Gasteiger partial charge in [0.05, 0.1) is 12.9 Å². The maximum Gasteiger partial charge on any atom is 0.244 e. The lowest BCUT2D eigenvalue weighted by molar-refractivity contribution is 0.402. The molecular weight excluding hydrogens is 304 g/mol. The van der Waals surface area contributed by atoms with Gasteiger partial charge in [0, 0.05) is 24.1 Å². The molecule has 0 aliphatic heterocycles. The fourth-order valence-electron chi connectivity index (χ4n) is 1.72. The molecule has 1 unspecified atom stereocenters. The first-order valence-corrected chi connectivity index (χ1v) is 9.23. The largest absolute Gasteiger partial charge is 0.495 e. The van der Waals surface area contributed by atoms with E-state index in [0.717, 1.165) is 6.26 Å². The quantitative estimate of drug-likeness (QED) is 0.712. The van der Waals surface area contributed by atoms with Gasteiger partial charge in [0.25, 0.3) is 0 Å². The van der Waals surface area contributed by atoms with Crippen LogP contribution in [0.1, 0.15) is 6.92 Å². The third-order valence-corrected chi connectivity index (χ3v) is 5.12. The third kappa shape index (κ3) is 4.66. The van der Waals surface area contributed by atoms with E-state index in [2.05, 4.69) is 4.72 Å². The number of benzene rings is 1. The molecule has 0 heterocycles. The Bertz CT molecular complexity index is 683. The second-order valence-corrected chi connectivity index (χ2v) is 8.39. The van der Waals surface area contributed by atoms with Crippen molar-refractivity contribution in [3.8, 4) is 5.75 Å². The van der Waals surface area contributed by atoms with Gasteiger partial charge >= 0.3 is 0 Å². The number of rotatable bonds is 6. The van der Waals surface area contributed by atoms with Gasteiger partial charge in [0.15, 0.2) is 0 Å². The smallest absolute Gasteiger partial charge is 0.244 e. The fraction of sp³-hybridized carbons (Fsp3) is 0.455. The van der Waals surface area contributed by atoms with E-state index in [4.69, 9.17) is 10.5 Å². The molecule has 0 radical (unpaired) electrons. The molecule has 0 saturated heterocycles. The number of ether oxygens (including phenoxy) is 1. The monoisotopic (exact) mass is 322 g/mol. The zero-order valence-electron chi connectivity index (χ0n) is 11.5. The zero-order valence-corrected chi connectivity index (χ0v) is 13.1. The molecule has 0 fully saturated rings. The Morgan fingerprint density at radius 2 is 1.90 bits per heavy atom. The van der Waals surface area contributed by atoms with E-state index < -0.39 is 25.9 Å². The van der Waals surface area contributed by atoms with Gasteiger partial charge in [0.2, 0.25) is 10.0 Å². The van der Waals surface area contributed by atoms with E-state index in [1.54, 1.807) is 0 Å². The summed E-state index contributed by atoms with van der Waals surface area (Å²) in [6.45, 7) is 1.47. The summed E-state index contributed by atoms with van der Waals surface area (Å²) in [5.41, 5.74) is 5.92. The van der Waals surface area contributed by atoms with Crippen LogP contribution in [-0.4, -0.2) is 42.0 Å². The summed E-state index contributed by atoms with van der Waals surface area (Å²) in [6, 6.07) is 3.37. The molecule has 3 N–H and O–H groups in total. The van der Waals surface area contributed by atoms with E-state index in [-0.39, 0.29) is 16.4 Å². The summed E-state index contributed by atoms with van der Waals surface area (Å²) in [6.07, 6.45) is 1.04. The highest BCUT2D eigenvalue weighted by atomic mass is 32.2. The number of methoxy groups -OCH3 is 1. The molecule has 1 atom stereocenters. The molecule has 1 aromatic rings. The van der Waals surface area contributed by atoms with E-state index in [1.807, 2.05) is 0 Å². The molecule has 9 heteroatoms. The van der Waals surface area contributed by atoms with E-state index in [1.165, 1.54) is 32.2 Å². The molecule has 0 spiro atoms. The van der Waals surface area contributed by atoms with Crippen LogP contribution in [0.2, 0.25) is 0 Å². The number of anilines is 1. The van der Waals surface area contributed by atoms with Gasteiger partial charge < -0.3 is 10.5 Å². The van der Waals surface area contributed by atoms with Crippen molar-refractivity contribution in [2.45, 2.75) is 17.9 Å². The average Bonchev–Trinajstić information content (AvgIpc) is 2.24. The molecule has 0 amide bonds. The Hall–Kier alpha value is -1.32.